The highest BCUT2D eigenvalue weighted by atomic mass is 79.9. The van der Waals surface area contributed by atoms with Crippen LogP contribution in [0.1, 0.15) is 34.7 Å². The van der Waals surface area contributed by atoms with E-state index in [1.54, 1.807) is 36.4 Å². The first-order valence-electron chi connectivity index (χ1n) is 12.7. The van der Waals surface area contributed by atoms with E-state index in [1.165, 1.54) is 22.6 Å². The molecule has 3 fully saturated rings. The maximum atomic E-state index is 13.5. The molecule has 0 unspecified atom stereocenters. The van der Waals surface area contributed by atoms with Crippen molar-refractivity contribution in [1.82, 2.24) is 0 Å². The summed E-state index contributed by atoms with van der Waals surface area (Å²) in [5.74, 6) is -1.27. The minimum Gasteiger partial charge on any atom is -0.452 e. The summed E-state index contributed by atoms with van der Waals surface area (Å²) in [6.45, 7) is -0.436. The minimum absolute atomic E-state index is 0.140. The molecule has 6 rings (SSSR count). The third-order valence-corrected chi connectivity index (χ3v) is 8.60. The number of carbonyl (C=O) groups is 4. The van der Waals surface area contributed by atoms with Crippen molar-refractivity contribution in [1.29, 1.82) is 0 Å². The summed E-state index contributed by atoms with van der Waals surface area (Å²) in [5, 5.41) is 2.66. The second-order valence-electron chi connectivity index (χ2n) is 10.2. The van der Waals surface area contributed by atoms with Gasteiger partial charge >= 0.3 is 5.97 Å². The number of ether oxygens (including phenoxy) is 1. The van der Waals surface area contributed by atoms with Crippen molar-refractivity contribution in [2.75, 3.05) is 16.8 Å². The van der Waals surface area contributed by atoms with Gasteiger partial charge in [0.05, 0.1) is 23.1 Å². The van der Waals surface area contributed by atoms with Crippen molar-refractivity contribution in [3.63, 3.8) is 0 Å². The molecule has 2 aliphatic carbocycles. The number of imide groups is 1. The van der Waals surface area contributed by atoms with Crippen LogP contribution in [0.15, 0.2) is 83.3 Å². The van der Waals surface area contributed by atoms with Crippen LogP contribution in [0.4, 0.5) is 11.4 Å². The molecule has 1 N–H and O–H groups in total. The minimum atomic E-state index is -0.665. The number of esters is 1. The van der Waals surface area contributed by atoms with Crippen LogP contribution >= 0.6 is 15.9 Å². The number of carbonyl (C=O) groups excluding carboxylic acids is 4. The SMILES string of the molecule is O=C(COC(=O)c1ccc(N2C(=O)[C@@H]3[C@@H]4C[C@@H]([C@@H]3C2=O)[C@H](c2ccccc2)C4)cc1)Nc1ccc(Br)cc1. The summed E-state index contributed by atoms with van der Waals surface area (Å²) in [6.07, 6.45) is 1.85. The van der Waals surface area contributed by atoms with Crippen molar-refractivity contribution in [2.45, 2.75) is 18.8 Å². The lowest BCUT2D eigenvalue weighted by molar-refractivity contribution is -0.123. The third kappa shape index (κ3) is 4.32. The number of amides is 3. The molecule has 0 aromatic heterocycles. The summed E-state index contributed by atoms with van der Waals surface area (Å²) < 4.78 is 6.02. The van der Waals surface area contributed by atoms with E-state index in [4.69, 9.17) is 4.74 Å². The van der Waals surface area contributed by atoms with Gasteiger partial charge in [0.1, 0.15) is 0 Å². The number of anilines is 2. The number of nitrogens with zero attached hydrogens (tertiary/aromatic N) is 1. The fraction of sp³-hybridized carbons (Fsp3) is 0.267. The molecule has 3 amide bonds. The molecule has 3 aromatic rings. The molecule has 3 aromatic carbocycles. The molecule has 0 radical (unpaired) electrons. The number of nitrogens with one attached hydrogen (secondary N) is 1. The van der Waals surface area contributed by atoms with Crippen molar-refractivity contribution in [3.8, 4) is 0 Å². The standard InChI is InChI=1S/C30H25BrN2O5/c31-20-8-10-21(11-9-20)32-25(34)16-38-30(37)18-6-12-22(13-7-18)33-28(35)26-19-14-23(17-4-2-1-3-5-17)24(15-19)27(26)29(33)36/h1-13,19,23-24,26-27H,14-16H2,(H,32,34)/t19-,23-,24+,26+,27-/m0/s1. The van der Waals surface area contributed by atoms with E-state index in [-0.39, 0.29) is 41.0 Å². The van der Waals surface area contributed by atoms with E-state index in [1.807, 2.05) is 18.2 Å². The molecular formula is C30H25BrN2O5. The van der Waals surface area contributed by atoms with Gasteiger partial charge in [-0.05, 0) is 84.7 Å². The van der Waals surface area contributed by atoms with Gasteiger partial charge in [0, 0.05) is 10.2 Å². The number of halogens is 1. The summed E-state index contributed by atoms with van der Waals surface area (Å²) in [4.78, 5) is 52.7. The third-order valence-electron chi connectivity index (χ3n) is 8.07. The second kappa shape index (κ2) is 9.83. The van der Waals surface area contributed by atoms with Gasteiger partial charge < -0.3 is 10.1 Å². The first-order chi connectivity index (χ1) is 18.4. The quantitative estimate of drug-likeness (QED) is 0.325. The number of benzene rings is 3. The molecule has 192 valence electrons. The second-order valence-corrected chi connectivity index (χ2v) is 11.1. The van der Waals surface area contributed by atoms with E-state index in [9.17, 15) is 19.2 Å². The smallest absolute Gasteiger partial charge is 0.338 e. The van der Waals surface area contributed by atoms with E-state index in [0.29, 0.717) is 17.3 Å². The van der Waals surface area contributed by atoms with Crippen LogP contribution in [0.5, 0.6) is 0 Å². The van der Waals surface area contributed by atoms with Gasteiger partial charge in [0.15, 0.2) is 6.61 Å². The average Bonchev–Trinajstić information content (AvgIpc) is 3.60. The van der Waals surface area contributed by atoms with E-state index in [0.717, 1.165) is 17.3 Å². The molecule has 38 heavy (non-hydrogen) atoms. The van der Waals surface area contributed by atoms with Crippen molar-refractivity contribution in [2.24, 2.45) is 23.7 Å². The Labute approximate surface area is 228 Å². The van der Waals surface area contributed by atoms with Gasteiger partial charge in [0.25, 0.3) is 5.91 Å². The molecule has 2 bridgehead atoms. The number of rotatable bonds is 6. The van der Waals surface area contributed by atoms with E-state index >= 15 is 0 Å². The molecule has 7 nitrogen and oxygen atoms in total. The Morgan fingerprint density at radius 2 is 1.55 bits per heavy atom. The largest absolute Gasteiger partial charge is 0.452 e. The van der Waals surface area contributed by atoms with Gasteiger partial charge in [-0.1, -0.05) is 46.3 Å². The first kappa shape index (κ1) is 24.6. The Hall–Kier alpha value is -3.78. The van der Waals surface area contributed by atoms with Crippen molar-refractivity contribution < 1.29 is 23.9 Å². The van der Waals surface area contributed by atoms with Crippen LogP contribution in [0.25, 0.3) is 0 Å². The van der Waals surface area contributed by atoms with Gasteiger partial charge in [-0.3, -0.25) is 19.3 Å². The Morgan fingerprint density at radius 1 is 0.868 bits per heavy atom. The van der Waals surface area contributed by atoms with Crippen LogP contribution in [0.2, 0.25) is 0 Å². The Morgan fingerprint density at radius 3 is 2.26 bits per heavy atom. The monoisotopic (exact) mass is 572 g/mol. The lowest BCUT2D eigenvalue weighted by Gasteiger charge is -2.28. The van der Waals surface area contributed by atoms with Gasteiger partial charge in [-0.15, -0.1) is 0 Å². The Bertz CT molecular complexity index is 1410. The van der Waals surface area contributed by atoms with Gasteiger partial charge in [-0.25, -0.2) is 4.79 Å². The maximum Gasteiger partial charge on any atom is 0.338 e. The lowest BCUT2D eigenvalue weighted by Crippen LogP contribution is -2.33. The molecule has 1 aliphatic heterocycles. The summed E-state index contributed by atoms with van der Waals surface area (Å²) in [7, 11) is 0. The van der Waals surface area contributed by atoms with Crippen molar-refractivity contribution in [3.05, 3.63) is 94.5 Å². The molecule has 1 heterocycles. The fourth-order valence-electron chi connectivity index (χ4n) is 6.49. The van der Waals surface area contributed by atoms with E-state index < -0.39 is 18.5 Å². The number of hydrogen-bond acceptors (Lipinski definition) is 5. The zero-order valence-electron chi connectivity index (χ0n) is 20.4. The maximum absolute atomic E-state index is 13.5. The summed E-state index contributed by atoms with van der Waals surface area (Å²) in [5.41, 5.74) is 2.51. The van der Waals surface area contributed by atoms with Crippen molar-refractivity contribution >= 4 is 51.0 Å². The highest BCUT2D eigenvalue weighted by Crippen LogP contribution is 2.61. The van der Waals surface area contributed by atoms with Crippen LogP contribution in [-0.4, -0.2) is 30.3 Å². The van der Waals surface area contributed by atoms with Crippen LogP contribution in [-0.2, 0) is 19.1 Å². The van der Waals surface area contributed by atoms with Crippen LogP contribution in [0.3, 0.4) is 0 Å². The van der Waals surface area contributed by atoms with Crippen LogP contribution in [0, 0.1) is 23.7 Å². The molecule has 2 saturated carbocycles. The first-order valence-corrected chi connectivity index (χ1v) is 13.5. The fourth-order valence-corrected chi connectivity index (χ4v) is 6.75. The molecular weight excluding hydrogens is 548 g/mol. The topological polar surface area (TPSA) is 92.8 Å². The molecule has 1 saturated heterocycles. The highest BCUT2D eigenvalue weighted by Gasteiger charge is 2.64. The summed E-state index contributed by atoms with van der Waals surface area (Å²) >= 11 is 3.33. The van der Waals surface area contributed by atoms with Crippen LogP contribution < -0.4 is 10.2 Å². The number of hydrogen-bond donors (Lipinski definition) is 1. The molecule has 5 atom stereocenters. The molecule has 3 aliphatic rings. The van der Waals surface area contributed by atoms with E-state index in [2.05, 4.69) is 33.4 Å². The molecule has 0 spiro atoms. The Kier molecular flexibility index (Phi) is 6.35. The predicted molar refractivity (Wildman–Crippen MR) is 144 cm³/mol. The van der Waals surface area contributed by atoms with Gasteiger partial charge in [0.2, 0.25) is 11.8 Å². The number of fused-ring (bicyclic) bond motifs is 5. The highest BCUT2D eigenvalue weighted by molar-refractivity contribution is 9.10. The summed E-state index contributed by atoms with van der Waals surface area (Å²) in [6, 6.07) is 23.5. The average molecular weight is 573 g/mol. The normalized spacial score (nSPS) is 25.4. The lowest BCUT2D eigenvalue weighted by atomic mass is 9.73. The zero-order valence-corrected chi connectivity index (χ0v) is 22.0. The molecule has 8 heteroatoms. The van der Waals surface area contributed by atoms with Gasteiger partial charge in [-0.2, -0.15) is 0 Å². The Balaban J connectivity index is 1.10. The zero-order chi connectivity index (χ0) is 26.4. The predicted octanol–water partition coefficient (Wildman–Crippen LogP) is 5.17.